The smallest absolute Gasteiger partial charge is 0.234 e. The second kappa shape index (κ2) is 8.17. The van der Waals surface area contributed by atoms with Gasteiger partial charge in [-0.2, -0.15) is 0 Å². The van der Waals surface area contributed by atoms with Crippen molar-refractivity contribution in [3.63, 3.8) is 0 Å². The molecule has 1 aromatic heterocycles. The van der Waals surface area contributed by atoms with Crippen LogP contribution >= 0.6 is 39.0 Å². The van der Waals surface area contributed by atoms with E-state index in [0.29, 0.717) is 5.13 Å². The Labute approximate surface area is 145 Å². The monoisotopic (exact) mass is 396 g/mol. The number of anilines is 2. The van der Waals surface area contributed by atoms with Crippen LogP contribution in [0.1, 0.15) is 6.92 Å². The molecular formula is C14H13BrN4OS2. The standard InChI is InChI=1S/C14H13BrN4OS2/c1-3-7-16-12(20)9(2)21-14-19-18-13(22-14)17-11-6-4-5-10(15)8-11/h1,4-6,8-9H,7H2,2H3,(H,16,20)(H,17,18). The van der Waals surface area contributed by atoms with Crippen molar-refractivity contribution in [2.24, 2.45) is 0 Å². The van der Waals surface area contributed by atoms with Crippen LogP contribution < -0.4 is 10.6 Å². The molecule has 0 fully saturated rings. The van der Waals surface area contributed by atoms with Crippen LogP contribution in [0.3, 0.4) is 0 Å². The Hall–Kier alpha value is -1.56. The average molecular weight is 397 g/mol. The molecule has 0 bridgehead atoms. The van der Waals surface area contributed by atoms with Crippen LogP contribution in [-0.2, 0) is 4.79 Å². The summed E-state index contributed by atoms with van der Waals surface area (Å²) >= 11 is 6.16. The Morgan fingerprint density at radius 2 is 2.36 bits per heavy atom. The molecule has 0 aliphatic carbocycles. The second-order valence-electron chi connectivity index (χ2n) is 4.19. The number of benzene rings is 1. The van der Waals surface area contributed by atoms with E-state index in [0.717, 1.165) is 14.5 Å². The third kappa shape index (κ3) is 5.02. The molecule has 2 N–H and O–H groups in total. The van der Waals surface area contributed by atoms with Gasteiger partial charge in [0.25, 0.3) is 0 Å². The van der Waals surface area contributed by atoms with E-state index >= 15 is 0 Å². The quantitative estimate of drug-likeness (QED) is 0.579. The highest BCUT2D eigenvalue weighted by Crippen LogP contribution is 2.30. The van der Waals surface area contributed by atoms with Crippen molar-refractivity contribution < 1.29 is 4.79 Å². The van der Waals surface area contributed by atoms with Crippen LogP contribution in [0.15, 0.2) is 33.1 Å². The summed E-state index contributed by atoms with van der Waals surface area (Å²) in [5.41, 5.74) is 0.918. The maximum Gasteiger partial charge on any atom is 0.234 e. The van der Waals surface area contributed by atoms with E-state index in [1.807, 2.05) is 24.3 Å². The molecule has 5 nitrogen and oxygen atoms in total. The molecule has 1 heterocycles. The summed E-state index contributed by atoms with van der Waals surface area (Å²) < 4.78 is 1.70. The molecule has 8 heteroatoms. The van der Waals surface area contributed by atoms with Crippen molar-refractivity contribution in [2.45, 2.75) is 16.5 Å². The Balaban J connectivity index is 1.94. The number of nitrogens with one attached hydrogen (secondary N) is 2. The van der Waals surface area contributed by atoms with Gasteiger partial charge in [0, 0.05) is 10.2 Å². The number of rotatable bonds is 6. The topological polar surface area (TPSA) is 66.9 Å². The van der Waals surface area contributed by atoms with Crippen LogP contribution in [-0.4, -0.2) is 27.9 Å². The van der Waals surface area contributed by atoms with Crippen molar-refractivity contribution in [1.82, 2.24) is 15.5 Å². The Kier molecular flexibility index (Phi) is 6.24. The van der Waals surface area contributed by atoms with E-state index in [9.17, 15) is 4.79 Å². The molecule has 22 heavy (non-hydrogen) atoms. The molecule has 1 unspecified atom stereocenters. The minimum absolute atomic E-state index is 0.111. The van der Waals surface area contributed by atoms with Crippen molar-refractivity contribution >= 4 is 55.8 Å². The van der Waals surface area contributed by atoms with Gasteiger partial charge in [0.2, 0.25) is 11.0 Å². The Morgan fingerprint density at radius 3 is 3.09 bits per heavy atom. The van der Waals surface area contributed by atoms with E-state index in [1.165, 1.54) is 23.1 Å². The average Bonchev–Trinajstić information content (AvgIpc) is 2.91. The fourth-order valence-corrected chi connectivity index (χ4v) is 3.82. The van der Waals surface area contributed by atoms with E-state index in [4.69, 9.17) is 6.42 Å². The number of carbonyl (C=O) groups excluding carboxylic acids is 1. The summed E-state index contributed by atoms with van der Waals surface area (Å²) in [6, 6.07) is 7.77. The number of hydrogen-bond acceptors (Lipinski definition) is 6. The molecule has 2 aromatic rings. The van der Waals surface area contributed by atoms with Gasteiger partial charge in [-0.25, -0.2) is 0 Å². The van der Waals surface area contributed by atoms with E-state index in [2.05, 4.69) is 42.7 Å². The lowest BCUT2D eigenvalue weighted by molar-refractivity contribution is -0.120. The van der Waals surface area contributed by atoms with Crippen molar-refractivity contribution in [1.29, 1.82) is 0 Å². The van der Waals surface area contributed by atoms with Crippen molar-refractivity contribution in [3.8, 4) is 12.3 Å². The van der Waals surface area contributed by atoms with Crippen LogP contribution in [0.25, 0.3) is 0 Å². The molecule has 0 aliphatic heterocycles. The second-order valence-corrected chi connectivity index (χ2v) is 7.67. The zero-order valence-electron chi connectivity index (χ0n) is 11.7. The molecule has 0 radical (unpaired) electrons. The zero-order valence-corrected chi connectivity index (χ0v) is 14.9. The predicted molar refractivity (Wildman–Crippen MR) is 94.5 cm³/mol. The number of amides is 1. The van der Waals surface area contributed by atoms with Gasteiger partial charge in [-0.15, -0.1) is 16.6 Å². The van der Waals surface area contributed by atoms with Gasteiger partial charge in [-0.1, -0.05) is 51.0 Å². The summed E-state index contributed by atoms with van der Waals surface area (Å²) in [6.07, 6.45) is 5.11. The number of nitrogens with zero attached hydrogens (tertiary/aromatic N) is 2. The summed E-state index contributed by atoms with van der Waals surface area (Å²) in [5.74, 6) is 2.26. The van der Waals surface area contributed by atoms with Crippen molar-refractivity contribution in [2.75, 3.05) is 11.9 Å². The maximum atomic E-state index is 11.7. The van der Waals surface area contributed by atoms with Gasteiger partial charge in [0.1, 0.15) is 0 Å². The first-order chi connectivity index (χ1) is 10.6. The number of aromatic nitrogens is 2. The zero-order chi connectivity index (χ0) is 15.9. The van der Waals surface area contributed by atoms with Gasteiger partial charge >= 0.3 is 0 Å². The van der Waals surface area contributed by atoms with E-state index in [1.54, 1.807) is 6.92 Å². The lowest BCUT2D eigenvalue weighted by Gasteiger charge is -2.07. The van der Waals surface area contributed by atoms with Gasteiger partial charge in [0.05, 0.1) is 11.8 Å². The third-order valence-electron chi connectivity index (χ3n) is 2.49. The third-order valence-corrected chi connectivity index (χ3v) is 5.01. The number of terminal acetylenes is 1. The maximum absolute atomic E-state index is 11.7. The molecule has 0 saturated heterocycles. The van der Waals surface area contributed by atoms with E-state index < -0.39 is 0 Å². The SMILES string of the molecule is C#CCNC(=O)C(C)Sc1nnc(Nc2cccc(Br)c2)s1. The number of thioether (sulfide) groups is 1. The highest BCUT2D eigenvalue weighted by molar-refractivity contribution is 9.10. The normalized spacial score (nSPS) is 11.5. The van der Waals surface area contributed by atoms with Gasteiger partial charge in [-0.3, -0.25) is 4.79 Å². The first-order valence-electron chi connectivity index (χ1n) is 6.32. The molecular weight excluding hydrogens is 384 g/mol. The predicted octanol–water partition coefficient (Wildman–Crippen LogP) is 3.27. The molecule has 2 rings (SSSR count). The van der Waals surface area contributed by atoms with Crippen LogP contribution in [0.2, 0.25) is 0 Å². The Morgan fingerprint density at radius 1 is 1.55 bits per heavy atom. The van der Waals surface area contributed by atoms with Crippen molar-refractivity contribution in [3.05, 3.63) is 28.7 Å². The molecule has 1 amide bonds. The highest BCUT2D eigenvalue weighted by Gasteiger charge is 2.16. The van der Waals surface area contributed by atoms with Crippen LogP contribution in [0.5, 0.6) is 0 Å². The van der Waals surface area contributed by atoms with E-state index in [-0.39, 0.29) is 17.7 Å². The summed E-state index contributed by atoms with van der Waals surface area (Å²) in [7, 11) is 0. The molecule has 1 atom stereocenters. The number of halogens is 1. The summed E-state index contributed by atoms with van der Waals surface area (Å²) in [5, 5.41) is 14.4. The first kappa shape index (κ1) is 16.8. The molecule has 0 aliphatic rings. The molecule has 0 spiro atoms. The van der Waals surface area contributed by atoms with Crippen LogP contribution in [0.4, 0.5) is 10.8 Å². The fourth-order valence-electron chi connectivity index (χ4n) is 1.48. The summed E-state index contributed by atoms with van der Waals surface area (Å²) in [6.45, 7) is 2.04. The lowest BCUT2D eigenvalue weighted by Crippen LogP contribution is -2.30. The minimum atomic E-state index is -0.278. The van der Waals surface area contributed by atoms with Gasteiger partial charge < -0.3 is 10.6 Å². The fraction of sp³-hybridized carbons (Fsp3) is 0.214. The molecule has 0 saturated carbocycles. The van der Waals surface area contributed by atoms with Crippen LogP contribution in [0, 0.1) is 12.3 Å². The largest absolute Gasteiger partial charge is 0.344 e. The Bertz CT molecular complexity index is 698. The number of hydrogen-bond donors (Lipinski definition) is 2. The molecule has 1 aromatic carbocycles. The summed E-state index contributed by atoms with van der Waals surface area (Å²) in [4.78, 5) is 11.7. The highest BCUT2D eigenvalue weighted by atomic mass is 79.9. The number of carbonyl (C=O) groups is 1. The minimum Gasteiger partial charge on any atom is -0.344 e. The lowest BCUT2D eigenvalue weighted by atomic mass is 10.3. The van der Waals surface area contributed by atoms with Gasteiger partial charge in [0.15, 0.2) is 4.34 Å². The van der Waals surface area contributed by atoms with Gasteiger partial charge in [-0.05, 0) is 25.1 Å². The molecule has 114 valence electrons. The first-order valence-corrected chi connectivity index (χ1v) is 8.81.